The molecule has 7 heteroatoms. The van der Waals surface area contributed by atoms with Crippen molar-refractivity contribution >= 4 is 17.7 Å². The van der Waals surface area contributed by atoms with Gasteiger partial charge in [0.1, 0.15) is 6.04 Å². The second kappa shape index (κ2) is 6.21. The third kappa shape index (κ3) is 4.61. The van der Waals surface area contributed by atoms with Crippen molar-refractivity contribution in [1.82, 2.24) is 15.1 Å². The molecule has 0 unspecified atom stereocenters. The normalized spacial score (nSPS) is 12.3. The summed E-state index contributed by atoms with van der Waals surface area (Å²) < 4.78 is 1.58. The Balaban J connectivity index is 2.62. The fraction of sp³-hybridized carbons (Fsp3) is 0.583. The number of carboxylic acid groups (broad SMARTS) is 1. The molecule has 1 rings (SSSR count). The van der Waals surface area contributed by atoms with Crippen LogP contribution in [0.2, 0.25) is 0 Å². The second-order valence-corrected chi connectivity index (χ2v) is 4.92. The summed E-state index contributed by atoms with van der Waals surface area (Å²) in [7, 11) is 1.74. The van der Waals surface area contributed by atoms with Gasteiger partial charge in [0, 0.05) is 13.2 Å². The lowest BCUT2D eigenvalue weighted by molar-refractivity contribution is -0.139. The lowest BCUT2D eigenvalue weighted by atomic mass is 10.0. The fourth-order valence-corrected chi connectivity index (χ4v) is 1.73. The zero-order valence-electron chi connectivity index (χ0n) is 11.6. The van der Waals surface area contributed by atoms with Gasteiger partial charge in [0.25, 0.3) is 0 Å². The minimum absolute atomic E-state index is 0.182. The SMILES string of the molecule is Cc1nn(C)cc1NC(=O)N[C@@H](CC(C)C)C(=O)O. The van der Waals surface area contributed by atoms with Crippen LogP contribution in [-0.2, 0) is 11.8 Å². The van der Waals surface area contributed by atoms with E-state index >= 15 is 0 Å². The highest BCUT2D eigenvalue weighted by Gasteiger charge is 2.21. The molecule has 0 aliphatic carbocycles. The number of urea groups is 1. The Morgan fingerprint density at radius 2 is 2.11 bits per heavy atom. The van der Waals surface area contributed by atoms with Gasteiger partial charge >= 0.3 is 12.0 Å². The van der Waals surface area contributed by atoms with Crippen LogP contribution in [-0.4, -0.2) is 32.9 Å². The first kappa shape index (κ1) is 15.0. The van der Waals surface area contributed by atoms with E-state index < -0.39 is 18.0 Å². The molecular weight excluding hydrogens is 248 g/mol. The van der Waals surface area contributed by atoms with Gasteiger partial charge in [-0.2, -0.15) is 5.10 Å². The molecular formula is C12H20N4O3. The number of aryl methyl sites for hydroxylation is 2. The number of rotatable bonds is 5. The highest BCUT2D eigenvalue weighted by molar-refractivity contribution is 5.92. The zero-order chi connectivity index (χ0) is 14.6. The van der Waals surface area contributed by atoms with Crippen LogP contribution in [0, 0.1) is 12.8 Å². The standard InChI is InChI=1S/C12H20N4O3/c1-7(2)5-9(11(17)18)13-12(19)14-10-6-16(4)15-8(10)3/h6-7,9H,5H2,1-4H3,(H,17,18)(H2,13,14,19)/t9-/m0/s1. The number of aromatic nitrogens is 2. The topological polar surface area (TPSA) is 96.3 Å². The molecule has 106 valence electrons. The largest absolute Gasteiger partial charge is 0.480 e. The summed E-state index contributed by atoms with van der Waals surface area (Å²) in [6.45, 7) is 5.57. The molecule has 1 atom stereocenters. The molecule has 0 radical (unpaired) electrons. The molecule has 0 aromatic carbocycles. The van der Waals surface area contributed by atoms with Crippen molar-refractivity contribution in [3.8, 4) is 0 Å². The number of nitrogens with one attached hydrogen (secondary N) is 2. The maximum atomic E-state index is 11.7. The molecule has 0 fully saturated rings. The number of anilines is 1. The first-order valence-corrected chi connectivity index (χ1v) is 6.10. The Morgan fingerprint density at radius 1 is 1.47 bits per heavy atom. The Hall–Kier alpha value is -2.05. The van der Waals surface area contributed by atoms with E-state index in [4.69, 9.17) is 5.11 Å². The molecule has 7 nitrogen and oxygen atoms in total. The number of amides is 2. The Labute approximate surface area is 112 Å². The number of carbonyl (C=O) groups excluding carboxylic acids is 1. The molecule has 0 spiro atoms. The van der Waals surface area contributed by atoms with Gasteiger partial charge in [-0.25, -0.2) is 9.59 Å². The van der Waals surface area contributed by atoms with Crippen molar-refractivity contribution in [1.29, 1.82) is 0 Å². The van der Waals surface area contributed by atoms with Crippen LogP contribution >= 0.6 is 0 Å². The van der Waals surface area contributed by atoms with Crippen LogP contribution in [0.4, 0.5) is 10.5 Å². The van der Waals surface area contributed by atoms with Crippen molar-refractivity contribution in [2.24, 2.45) is 13.0 Å². The Kier molecular flexibility index (Phi) is 4.91. The minimum Gasteiger partial charge on any atom is -0.480 e. The molecule has 0 aliphatic heterocycles. The molecule has 0 saturated heterocycles. The van der Waals surface area contributed by atoms with E-state index in [1.807, 2.05) is 13.8 Å². The van der Waals surface area contributed by atoms with Crippen LogP contribution in [0.5, 0.6) is 0 Å². The first-order valence-electron chi connectivity index (χ1n) is 6.10. The number of carboxylic acids is 1. The van der Waals surface area contributed by atoms with E-state index in [1.54, 1.807) is 24.9 Å². The van der Waals surface area contributed by atoms with Gasteiger partial charge in [0.2, 0.25) is 0 Å². The number of carbonyl (C=O) groups is 2. The van der Waals surface area contributed by atoms with Crippen molar-refractivity contribution in [2.45, 2.75) is 33.2 Å². The van der Waals surface area contributed by atoms with Crippen molar-refractivity contribution < 1.29 is 14.7 Å². The van der Waals surface area contributed by atoms with E-state index in [-0.39, 0.29) is 5.92 Å². The van der Waals surface area contributed by atoms with E-state index in [0.29, 0.717) is 17.8 Å². The fourth-order valence-electron chi connectivity index (χ4n) is 1.73. The highest BCUT2D eigenvalue weighted by Crippen LogP contribution is 2.11. The third-order valence-corrected chi connectivity index (χ3v) is 2.57. The summed E-state index contributed by atoms with van der Waals surface area (Å²) in [5.74, 6) is -0.853. The molecule has 1 aromatic rings. The van der Waals surface area contributed by atoms with Crippen LogP contribution in [0.3, 0.4) is 0 Å². The van der Waals surface area contributed by atoms with Gasteiger partial charge in [-0.3, -0.25) is 4.68 Å². The first-order chi connectivity index (χ1) is 8.79. The highest BCUT2D eigenvalue weighted by atomic mass is 16.4. The molecule has 3 N–H and O–H groups in total. The minimum atomic E-state index is -1.04. The summed E-state index contributed by atoms with van der Waals surface area (Å²) >= 11 is 0. The Bertz CT molecular complexity index is 468. The molecule has 0 bridgehead atoms. The van der Waals surface area contributed by atoms with Crippen molar-refractivity contribution in [3.63, 3.8) is 0 Å². The lowest BCUT2D eigenvalue weighted by Gasteiger charge is -2.16. The van der Waals surface area contributed by atoms with Crippen molar-refractivity contribution in [3.05, 3.63) is 11.9 Å². The Morgan fingerprint density at radius 3 is 2.53 bits per heavy atom. The maximum Gasteiger partial charge on any atom is 0.326 e. The van der Waals surface area contributed by atoms with E-state index in [2.05, 4.69) is 15.7 Å². The average molecular weight is 268 g/mol. The summed E-state index contributed by atoms with van der Waals surface area (Å²) in [6, 6.07) is -1.43. The molecule has 2 amide bonds. The number of nitrogens with zero attached hydrogens (tertiary/aromatic N) is 2. The number of aliphatic carboxylic acids is 1. The van der Waals surface area contributed by atoms with Gasteiger partial charge in [-0.15, -0.1) is 0 Å². The predicted octanol–water partition coefficient (Wildman–Crippen LogP) is 1.35. The van der Waals surface area contributed by atoms with Gasteiger partial charge in [-0.1, -0.05) is 13.8 Å². The van der Waals surface area contributed by atoms with Crippen LogP contribution in [0.1, 0.15) is 26.0 Å². The van der Waals surface area contributed by atoms with E-state index in [1.165, 1.54) is 0 Å². The van der Waals surface area contributed by atoms with Gasteiger partial charge in [0.05, 0.1) is 11.4 Å². The van der Waals surface area contributed by atoms with E-state index in [0.717, 1.165) is 0 Å². The lowest BCUT2D eigenvalue weighted by Crippen LogP contribution is -2.43. The molecule has 1 aromatic heterocycles. The number of hydrogen-bond acceptors (Lipinski definition) is 3. The van der Waals surface area contributed by atoms with Crippen LogP contribution in [0.15, 0.2) is 6.20 Å². The van der Waals surface area contributed by atoms with Gasteiger partial charge in [0.15, 0.2) is 0 Å². The van der Waals surface area contributed by atoms with E-state index in [9.17, 15) is 9.59 Å². The summed E-state index contributed by atoms with van der Waals surface area (Å²) in [5, 5.41) is 18.2. The quantitative estimate of drug-likeness (QED) is 0.751. The summed E-state index contributed by atoms with van der Waals surface area (Å²) in [6.07, 6.45) is 2.04. The number of hydrogen-bond donors (Lipinski definition) is 3. The molecule has 19 heavy (non-hydrogen) atoms. The maximum absolute atomic E-state index is 11.7. The summed E-state index contributed by atoms with van der Waals surface area (Å²) in [5.41, 5.74) is 1.24. The van der Waals surface area contributed by atoms with Gasteiger partial charge in [-0.05, 0) is 19.3 Å². The third-order valence-electron chi connectivity index (χ3n) is 2.57. The average Bonchev–Trinajstić information content (AvgIpc) is 2.55. The monoisotopic (exact) mass is 268 g/mol. The van der Waals surface area contributed by atoms with Crippen LogP contribution in [0.25, 0.3) is 0 Å². The molecule has 0 aliphatic rings. The molecule has 0 saturated carbocycles. The molecule has 1 heterocycles. The second-order valence-electron chi connectivity index (χ2n) is 4.92. The van der Waals surface area contributed by atoms with Gasteiger partial charge < -0.3 is 15.7 Å². The smallest absolute Gasteiger partial charge is 0.326 e. The summed E-state index contributed by atoms with van der Waals surface area (Å²) in [4.78, 5) is 22.8. The predicted molar refractivity (Wildman–Crippen MR) is 71.0 cm³/mol. The van der Waals surface area contributed by atoms with Crippen LogP contribution < -0.4 is 10.6 Å². The zero-order valence-corrected chi connectivity index (χ0v) is 11.6. The van der Waals surface area contributed by atoms with Crippen molar-refractivity contribution in [2.75, 3.05) is 5.32 Å².